The van der Waals surface area contributed by atoms with Crippen LogP contribution in [0.3, 0.4) is 0 Å². The maximum absolute atomic E-state index is 13.2. The predicted octanol–water partition coefficient (Wildman–Crippen LogP) is 0.759. The molecule has 206 valence electrons. The molecule has 7 N–H and O–H groups in total. The molecule has 0 aliphatic carbocycles. The number of rotatable bonds is 17. The lowest BCUT2D eigenvalue weighted by Gasteiger charge is -2.25. The van der Waals surface area contributed by atoms with Crippen LogP contribution in [-0.2, 0) is 30.4 Å². The Labute approximate surface area is 221 Å². The Balaban J connectivity index is 3.12. The molecule has 0 bridgehead atoms. The highest BCUT2D eigenvalue weighted by Crippen LogP contribution is 2.09. The van der Waals surface area contributed by atoms with Crippen LogP contribution < -0.4 is 21.7 Å². The van der Waals surface area contributed by atoms with E-state index in [1.807, 2.05) is 20.1 Å². The Hall–Kier alpha value is -3.12. The molecule has 0 radical (unpaired) electrons. The minimum absolute atomic E-state index is 0.0553. The van der Waals surface area contributed by atoms with Gasteiger partial charge in [-0.3, -0.25) is 19.2 Å². The van der Waals surface area contributed by atoms with E-state index in [9.17, 15) is 29.1 Å². The maximum atomic E-state index is 13.2. The molecule has 4 unspecified atom stereocenters. The molecule has 1 aromatic carbocycles. The Morgan fingerprint density at radius 3 is 1.97 bits per heavy atom. The lowest BCUT2D eigenvalue weighted by Crippen LogP contribution is -2.57. The van der Waals surface area contributed by atoms with E-state index in [4.69, 9.17) is 10.8 Å². The van der Waals surface area contributed by atoms with Crippen LogP contribution in [0, 0.1) is 5.92 Å². The molecule has 0 fully saturated rings. The van der Waals surface area contributed by atoms with E-state index < -0.39 is 60.2 Å². The monoisotopic (exact) mass is 538 g/mol. The van der Waals surface area contributed by atoms with Gasteiger partial charge in [0.1, 0.15) is 18.1 Å². The van der Waals surface area contributed by atoms with E-state index >= 15 is 0 Å². The van der Waals surface area contributed by atoms with Crippen LogP contribution >= 0.6 is 11.8 Å². The fourth-order valence-corrected chi connectivity index (χ4v) is 4.00. The summed E-state index contributed by atoms with van der Waals surface area (Å²) < 4.78 is 0. The fourth-order valence-electron chi connectivity index (χ4n) is 3.53. The van der Waals surface area contributed by atoms with Crippen molar-refractivity contribution in [3.63, 3.8) is 0 Å². The average molecular weight is 539 g/mol. The standard InChI is InChI=1S/C25H38N4O7S/c1-15(2)13-17(26)22(32)27-18(9-10-21(30)31)23(33)29-20(14-16-7-5-4-6-8-16)24(34)28-19(25(35)36)11-12-37-3/h4-8,15,17-20H,9-14,26H2,1-3H3,(H,27,32)(H,28,34)(H,29,33)(H,30,31)(H,35,36). The van der Waals surface area contributed by atoms with Crippen LogP contribution in [0.5, 0.6) is 0 Å². The van der Waals surface area contributed by atoms with Gasteiger partial charge >= 0.3 is 11.9 Å². The molecule has 12 heteroatoms. The number of benzene rings is 1. The smallest absolute Gasteiger partial charge is 0.326 e. The van der Waals surface area contributed by atoms with Crippen molar-refractivity contribution in [2.24, 2.45) is 11.7 Å². The molecule has 0 saturated carbocycles. The number of hydrogen-bond acceptors (Lipinski definition) is 7. The van der Waals surface area contributed by atoms with E-state index in [0.29, 0.717) is 17.7 Å². The summed E-state index contributed by atoms with van der Waals surface area (Å²) in [6.45, 7) is 3.77. The first-order valence-electron chi connectivity index (χ1n) is 12.1. The summed E-state index contributed by atoms with van der Waals surface area (Å²) in [6.07, 6.45) is 1.82. The molecule has 0 aliphatic heterocycles. The van der Waals surface area contributed by atoms with E-state index in [1.54, 1.807) is 30.3 Å². The largest absolute Gasteiger partial charge is 0.481 e. The van der Waals surface area contributed by atoms with Crippen molar-refractivity contribution in [2.75, 3.05) is 12.0 Å². The van der Waals surface area contributed by atoms with Crippen molar-refractivity contribution in [1.82, 2.24) is 16.0 Å². The molecule has 1 aromatic rings. The first-order valence-corrected chi connectivity index (χ1v) is 13.5. The topological polar surface area (TPSA) is 188 Å². The third-order valence-electron chi connectivity index (χ3n) is 5.48. The van der Waals surface area contributed by atoms with Crippen molar-refractivity contribution in [1.29, 1.82) is 0 Å². The van der Waals surface area contributed by atoms with E-state index in [0.717, 1.165) is 0 Å². The van der Waals surface area contributed by atoms with Crippen molar-refractivity contribution in [3.8, 4) is 0 Å². The van der Waals surface area contributed by atoms with Crippen LogP contribution in [0.25, 0.3) is 0 Å². The molecule has 0 aliphatic rings. The summed E-state index contributed by atoms with van der Waals surface area (Å²) in [4.78, 5) is 61.6. The Kier molecular flexibility index (Phi) is 14.3. The van der Waals surface area contributed by atoms with Crippen LogP contribution in [0.1, 0.15) is 45.1 Å². The van der Waals surface area contributed by atoms with Crippen LogP contribution in [0.15, 0.2) is 30.3 Å². The second-order valence-corrected chi connectivity index (χ2v) is 10.1. The normalized spacial score (nSPS) is 14.2. The SMILES string of the molecule is CSCCC(NC(=O)C(Cc1ccccc1)NC(=O)C(CCC(=O)O)NC(=O)C(N)CC(C)C)C(=O)O. The van der Waals surface area contributed by atoms with Gasteiger partial charge in [0.05, 0.1) is 6.04 Å². The summed E-state index contributed by atoms with van der Waals surface area (Å²) in [5, 5.41) is 26.2. The van der Waals surface area contributed by atoms with E-state index in [-0.39, 0.29) is 25.2 Å². The fraction of sp³-hybridized carbons (Fsp3) is 0.560. The van der Waals surface area contributed by atoms with Crippen molar-refractivity contribution in [3.05, 3.63) is 35.9 Å². The molecule has 3 amide bonds. The highest BCUT2D eigenvalue weighted by atomic mass is 32.2. The third-order valence-corrected chi connectivity index (χ3v) is 6.13. The summed E-state index contributed by atoms with van der Waals surface area (Å²) in [5.74, 6) is -3.80. The van der Waals surface area contributed by atoms with Gasteiger partial charge < -0.3 is 31.9 Å². The number of carbonyl (C=O) groups is 5. The number of thioether (sulfide) groups is 1. The Bertz CT molecular complexity index is 914. The first kappa shape index (κ1) is 31.9. The summed E-state index contributed by atoms with van der Waals surface area (Å²) in [5.41, 5.74) is 6.63. The highest BCUT2D eigenvalue weighted by Gasteiger charge is 2.30. The molecular formula is C25H38N4O7S. The second kappa shape index (κ2) is 16.6. The molecule has 11 nitrogen and oxygen atoms in total. The average Bonchev–Trinajstić information content (AvgIpc) is 2.83. The minimum Gasteiger partial charge on any atom is -0.481 e. The maximum Gasteiger partial charge on any atom is 0.326 e. The van der Waals surface area contributed by atoms with Gasteiger partial charge in [0.2, 0.25) is 17.7 Å². The molecule has 0 heterocycles. The number of carboxylic acid groups (broad SMARTS) is 2. The molecule has 37 heavy (non-hydrogen) atoms. The van der Waals surface area contributed by atoms with Gasteiger partial charge in [-0.25, -0.2) is 4.79 Å². The van der Waals surface area contributed by atoms with Gasteiger partial charge in [-0.15, -0.1) is 0 Å². The Morgan fingerprint density at radius 1 is 0.865 bits per heavy atom. The summed E-state index contributed by atoms with van der Waals surface area (Å²) >= 11 is 1.44. The number of carbonyl (C=O) groups excluding carboxylic acids is 3. The molecular weight excluding hydrogens is 500 g/mol. The summed E-state index contributed by atoms with van der Waals surface area (Å²) in [7, 11) is 0. The zero-order valence-corrected chi connectivity index (χ0v) is 22.3. The molecule has 0 saturated heterocycles. The number of aliphatic carboxylic acids is 2. The van der Waals surface area contributed by atoms with Crippen molar-refractivity contribution >= 4 is 41.4 Å². The van der Waals surface area contributed by atoms with Gasteiger partial charge in [-0.1, -0.05) is 44.2 Å². The highest BCUT2D eigenvalue weighted by molar-refractivity contribution is 7.98. The van der Waals surface area contributed by atoms with Gasteiger partial charge in [-0.2, -0.15) is 11.8 Å². The van der Waals surface area contributed by atoms with Gasteiger partial charge in [-0.05, 0) is 42.8 Å². The molecule has 0 spiro atoms. The number of carboxylic acids is 2. The second-order valence-electron chi connectivity index (χ2n) is 9.16. The minimum atomic E-state index is -1.25. The number of nitrogens with one attached hydrogen (secondary N) is 3. The van der Waals surface area contributed by atoms with Gasteiger partial charge in [0.25, 0.3) is 0 Å². The quantitative estimate of drug-likeness (QED) is 0.166. The first-order chi connectivity index (χ1) is 17.4. The van der Waals surface area contributed by atoms with Crippen LogP contribution in [0.2, 0.25) is 0 Å². The lowest BCUT2D eigenvalue weighted by molar-refractivity contribution is -0.142. The third kappa shape index (κ3) is 12.6. The van der Waals surface area contributed by atoms with Crippen molar-refractivity contribution in [2.45, 2.75) is 70.1 Å². The summed E-state index contributed by atoms with van der Waals surface area (Å²) in [6, 6.07) is 4.36. The van der Waals surface area contributed by atoms with Crippen molar-refractivity contribution < 1.29 is 34.2 Å². The number of hydrogen-bond donors (Lipinski definition) is 6. The van der Waals surface area contributed by atoms with Crippen LogP contribution in [-0.4, -0.2) is 76.0 Å². The number of amides is 3. The number of nitrogens with two attached hydrogens (primary N) is 1. The molecule has 1 rings (SSSR count). The van der Waals surface area contributed by atoms with Crippen LogP contribution in [0.4, 0.5) is 0 Å². The molecule has 4 atom stereocenters. The lowest BCUT2D eigenvalue weighted by atomic mass is 10.0. The predicted molar refractivity (Wildman–Crippen MR) is 141 cm³/mol. The van der Waals surface area contributed by atoms with Gasteiger partial charge in [0, 0.05) is 12.8 Å². The zero-order chi connectivity index (χ0) is 28.0. The van der Waals surface area contributed by atoms with E-state index in [2.05, 4.69) is 16.0 Å². The van der Waals surface area contributed by atoms with E-state index in [1.165, 1.54) is 11.8 Å². The Morgan fingerprint density at radius 2 is 1.43 bits per heavy atom. The van der Waals surface area contributed by atoms with Gasteiger partial charge in [0.15, 0.2) is 0 Å². The molecule has 0 aromatic heterocycles. The zero-order valence-electron chi connectivity index (χ0n) is 21.4.